The number of esters is 1. The van der Waals surface area contributed by atoms with Gasteiger partial charge < -0.3 is 4.74 Å². The van der Waals surface area contributed by atoms with Gasteiger partial charge in [-0.05, 0) is 54.5 Å². The number of benzene rings is 2. The van der Waals surface area contributed by atoms with Crippen LogP contribution in [0.5, 0.6) is 5.75 Å². The Morgan fingerprint density at radius 2 is 1.61 bits per heavy atom. The molecule has 0 bridgehead atoms. The molecule has 0 atom stereocenters. The van der Waals surface area contributed by atoms with Crippen LogP contribution >= 0.6 is 0 Å². The quantitative estimate of drug-likeness (QED) is 0.489. The minimum Gasteiger partial charge on any atom is -0.423 e. The Balaban J connectivity index is 2.12. The van der Waals surface area contributed by atoms with Crippen molar-refractivity contribution in [2.75, 3.05) is 6.26 Å². The normalized spacial score (nSPS) is 12.0. The van der Waals surface area contributed by atoms with Crippen LogP contribution in [-0.4, -0.2) is 20.6 Å². The largest absolute Gasteiger partial charge is 0.423 e. The monoisotopic (exact) mass is 334 g/mol. The van der Waals surface area contributed by atoms with Crippen LogP contribution in [-0.2, 0) is 14.6 Å². The van der Waals surface area contributed by atoms with Gasteiger partial charge in [-0.3, -0.25) is 0 Å². The van der Waals surface area contributed by atoms with Crippen LogP contribution in [0.1, 0.15) is 12.5 Å². The second-order valence-electron chi connectivity index (χ2n) is 5.00. The average Bonchev–Trinajstić information content (AvgIpc) is 2.49. The number of carbonyl (C=O) groups excluding carboxylic acids is 1. The van der Waals surface area contributed by atoms with Crippen molar-refractivity contribution in [1.82, 2.24) is 0 Å². The molecule has 0 amide bonds. The Hall–Kier alpha value is -2.47. The highest BCUT2D eigenvalue weighted by atomic mass is 32.2. The molecule has 0 aliphatic carbocycles. The highest BCUT2D eigenvalue weighted by Crippen LogP contribution is 2.18. The van der Waals surface area contributed by atoms with Gasteiger partial charge in [0.1, 0.15) is 11.6 Å². The first-order valence-electron chi connectivity index (χ1n) is 6.72. The van der Waals surface area contributed by atoms with Gasteiger partial charge in [0.25, 0.3) is 0 Å². The number of carbonyl (C=O) groups is 1. The summed E-state index contributed by atoms with van der Waals surface area (Å²) in [6.45, 7) is 1.71. The van der Waals surface area contributed by atoms with E-state index >= 15 is 0 Å². The number of rotatable bonds is 4. The van der Waals surface area contributed by atoms with E-state index in [1.54, 1.807) is 19.1 Å². The summed E-state index contributed by atoms with van der Waals surface area (Å²) >= 11 is 0. The maximum absolute atomic E-state index is 12.8. The van der Waals surface area contributed by atoms with Gasteiger partial charge in [-0.2, -0.15) is 0 Å². The number of allylic oxidation sites excluding steroid dienone is 1. The summed E-state index contributed by atoms with van der Waals surface area (Å²) in [5, 5.41) is 0. The summed E-state index contributed by atoms with van der Waals surface area (Å²) in [5.74, 6) is -0.767. The summed E-state index contributed by atoms with van der Waals surface area (Å²) in [5.41, 5.74) is 1.32. The lowest BCUT2D eigenvalue weighted by atomic mass is 10.1. The van der Waals surface area contributed by atoms with Crippen LogP contribution in [0.15, 0.2) is 59.5 Å². The van der Waals surface area contributed by atoms with Crippen molar-refractivity contribution in [3.63, 3.8) is 0 Å². The third-order valence-corrected chi connectivity index (χ3v) is 4.23. The molecule has 0 aliphatic rings. The summed E-state index contributed by atoms with van der Waals surface area (Å²) in [4.78, 5) is 12.0. The van der Waals surface area contributed by atoms with Crippen LogP contribution in [0.2, 0.25) is 0 Å². The lowest BCUT2D eigenvalue weighted by Crippen LogP contribution is -2.04. The van der Waals surface area contributed by atoms with Gasteiger partial charge in [-0.1, -0.05) is 12.1 Å². The molecule has 0 radical (unpaired) electrons. The molecule has 2 rings (SSSR count). The van der Waals surface area contributed by atoms with Gasteiger partial charge in [-0.15, -0.1) is 0 Å². The minimum atomic E-state index is -3.25. The summed E-state index contributed by atoms with van der Waals surface area (Å²) in [6.07, 6.45) is 2.42. The van der Waals surface area contributed by atoms with Crippen LogP contribution in [0.25, 0.3) is 5.57 Å². The Morgan fingerprint density at radius 1 is 1.04 bits per heavy atom. The van der Waals surface area contributed by atoms with Crippen LogP contribution in [0.3, 0.4) is 0 Å². The van der Waals surface area contributed by atoms with Crippen molar-refractivity contribution >= 4 is 21.4 Å². The number of ether oxygens (including phenoxy) is 1. The van der Waals surface area contributed by atoms with Crippen molar-refractivity contribution in [3.05, 3.63) is 66.0 Å². The predicted molar refractivity (Wildman–Crippen MR) is 85.2 cm³/mol. The summed E-state index contributed by atoms with van der Waals surface area (Å²) < 4.78 is 40.6. The molecular formula is C17H15FO4S. The Kier molecular flexibility index (Phi) is 4.95. The Labute approximate surface area is 134 Å². The van der Waals surface area contributed by atoms with Crippen LogP contribution < -0.4 is 4.74 Å². The lowest BCUT2D eigenvalue weighted by Gasteiger charge is -2.05. The number of hydrogen-bond donors (Lipinski definition) is 0. The zero-order valence-electron chi connectivity index (χ0n) is 12.6. The molecule has 120 valence electrons. The molecule has 23 heavy (non-hydrogen) atoms. The minimum absolute atomic E-state index is 0.211. The van der Waals surface area contributed by atoms with Gasteiger partial charge in [-0.25, -0.2) is 17.6 Å². The van der Waals surface area contributed by atoms with Gasteiger partial charge in [0.05, 0.1) is 4.90 Å². The zero-order valence-corrected chi connectivity index (χ0v) is 13.4. The first-order valence-corrected chi connectivity index (χ1v) is 8.61. The van der Waals surface area contributed by atoms with E-state index in [4.69, 9.17) is 4.74 Å². The van der Waals surface area contributed by atoms with Gasteiger partial charge in [0, 0.05) is 12.3 Å². The maximum atomic E-state index is 12.8. The summed E-state index contributed by atoms with van der Waals surface area (Å²) in [7, 11) is -3.25. The standard InChI is InChI=1S/C17H15FO4S/c1-12(13-3-9-16(10-4-13)23(2,20)21)11-17(19)22-15-7-5-14(18)6-8-15/h3-11H,1-2H3. The fourth-order valence-electron chi connectivity index (χ4n) is 1.87. The zero-order chi connectivity index (χ0) is 17.0. The molecule has 0 fully saturated rings. The second-order valence-corrected chi connectivity index (χ2v) is 7.01. The third kappa shape index (κ3) is 4.75. The van der Waals surface area contributed by atoms with E-state index in [9.17, 15) is 17.6 Å². The molecule has 0 spiro atoms. The molecule has 6 heteroatoms. The van der Waals surface area contributed by atoms with E-state index < -0.39 is 21.6 Å². The van der Waals surface area contributed by atoms with Gasteiger partial charge >= 0.3 is 5.97 Å². The van der Waals surface area contributed by atoms with Crippen molar-refractivity contribution in [3.8, 4) is 5.75 Å². The summed E-state index contributed by atoms with van der Waals surface area (Å²) in [6, 6.07) is 11.3. The molecule has 0 aliphatic heterocycles. The second kappa shape index (κ2) is 6.75. The van der Waals surface area contributed by atoms with E-state index in [2.05, 4.69) is 0 Å². The molecular weight excluding hydrogens is 319 g/mol. The Morgan fingerprint density at radius 3 is 2.13 bits per heavy atom. The molecule has 0 unspecified atom stereocenters. The van der Waals surface area contributed by atoms with Gasteiger partial charge in [0.2, 0.25) is 0 Å². The SMILES string of the molecule is CC(=CC(=O)Oc1ccc(F)cc1)c1ccc(S(C)(=O)=O)cc1. The van der Waals surface area contributed by atoms with Crippen molar-refractivity contribution in [1.29, 1.82) is 0 Å². The average molecular weight is 334 g/mol. The number of sulfone groups is 1. The maximum Gasteiger partial charge on any atom is 0.336 e. The molecule has 0 heterocycles. The van der Waals surface area contributed by atoms with E-state index in [0.29, 0.717) is 11.1 Å². The smallest absolute Gasteiger partial charge is 0.336 e. The van der Waals surface area contributed by atoms with Crippen molar-refractivity contribution < 1.29 is 22.3 Å². The van der Waals surface area contributed by atoms with E-state index in [0.717, 1.165) is 6.26 Å². The van der Waals surface area contributed by atoms with Gasteiger partial charge in [0.15, 0.2) is 9.84 Å². The number of halogens is 1. The molecule has 2 aromatic carbocycles. The molecule has 4 nitrogen and oxygen atoms in total. The predicted octanol–water partition coefficient (Wildman–Crippen LogP) is 3.24. The topological polar surface area (TPSA) is 60.4 Å². The van der Waals surface area contributed by atoms with Crippen molar-refractivity contribution in [2.24, 2.45) is 0 Å². The first-order chi connectivity index (χ1) is 10.8. The van der Waals surface area contributed by atoms with E-state index in [1.165, 1.54) is 42.5 Å². The van der Waals surface area contributed by atoms with Crippen LogP contribution in [0.4, 0.5) is 4.39 Å². The molecule has 0 N–H and O–H groups in total. The van der Waals surface area contributed by atoms with Crippen molar-refractivity contribution in [2.45, 2.75) is 11.8 Å². The Bertz CT molecular complexity index is 835. The lowest BCUT2D eigenvalue weighted by molar-refractivity contribution is -0.128. The fraction of sp³-hybridized carbons (Fsp3) is 0.118. The fourth-order valence-corrected chi connectivity index (χ4v) is 2.50. The molecule has 0 saturated carbocycles. The third-order valence-electron chi connectivity index (χ3n) is 3.10. The van der Waals surface area contributed by atoms with E-state index in [-0.39, 0.29) is 10.6 Å². The molecule has 2 aromatic rings. The highest BCUT2D eigenvalue weighted by molar-refractivity contribution is 7.90. The first kappa shape index (κ1) is 16.9. The molecule has 0 aromatic heterocycles. The molecule has 0 saturated heterocycles. The highest BCUT2D eigenvalue weighted by Gasteiger charge is 2.08. The number of hydrogen-bond acceptors (Lipinski definition) is 4. The van der Waals surface area contributed by atoms with E-state index in [1.807, 2.05) is 0 Å². The van der Waals surface area contributed by atoms with Crippen LogP contribution in [0, 0.1) is 5.82 Å².